The molecule has 3 rings (SSSR count). The highest BCUT2D eigenvalue weighted by atomic mass is 16.5. The number of rotatable bonds is 6. The highest BCUT2D eigenvalue weighted by molar-refractivity contribution is 5.76. The average molecular weight is 299 g/mol. The molecule has 2 heterocycles. The first kappa shape index (κ1) is 14.8. The van der Waals surface area contributed by atoms with Gasteiger partial charge in [0.05, 0.1) is 12.8 Å². The lowest BCUT2D eigenvalue weighted by atomic mass is 10.1. The Morgan fingerprint density at radius 2 is 2.18 bits per heavy atom. The van der Waals surface area contributed by atoms with E-state index in [2.05, 4.69) is 10.2 Å². The molecule has 0 bridgehead atoms. The summed E-state index contributed by atoms with van der Waals surface area (Å²) in [5, 5.41) is 7.01. The van der Waals surface area contributed by atoms with E-state index in [0.717, 1.165) is 36.2 Å². The van der Waals surface area contributed by atoms with Gasteiger partial charge in [-0.05, 0) is 12.0 Å². The van der Waals surface area contributed by atoms with Crippen LogP contribution in [0.4, 0.5) is 0 Å². The van der Waals surface area contributed by atoms with Crippen LogP contribution in [0.15, 0.2) is 36.5 Å². The molecule has 0 radical (unpaired) electrons. The minimum Gasteiger partial charge on any atom is -0.377 e. The number of nitrogens with zero attached hydrogens (tertiary/aromatic N) is 2. The van der Waals surface area contributed by atoms with E-state index >= 15 is 0 Å². The van der Waals surface area contributed by atoms with Gasteiger partial charge in [-0.2, -0.15) is 5.10 Å². The van der Waals surface area contributed by atoms with Crippen molar-refractivity contribution in [1.82, 2.24) is 15.1 Å². The lowest BCUT2D eigenvalue weighted by molar-refractivity contribution is -0.132. The van der Waals surface area contributed by atoms with Crippen LogP contribution in [0, 0.1) is 0 Å². The van der Waals surface area contributed by atoms with Gasteiger partial charge in [0.25, 0.3) is 0 Å². The third-order valence-electron chi connectivity index (χ3n) is 3.94. The minimum absolute atomic E-state index is 0.204. The molecule has 5 nitrogen and oxygen atoms in total. The molecule has 0 saturated carbocycles. The van der Waals surface area contributed by atoms with Crippen molar-refractivity contribution < 1.29 is 9.53 Å². The van der Waals surface area contributed by atoms with Gasteiger partial charge >= 0.3 is 0 Å². The zero-order chi connectivity index (χ0) is 15.2. The van der Waals surface area contributed by atoms with E-state index < -0.39 is 0 Å². The van der Waals surface area contributed by atoms with Gasteiger partial charge in [0.2, 0.25) is 5.91 Å². The summed E-state index contributed by atoms with van der Waals surface area (Å²) in [5.74, 6) is 0.204. The number of aromatic nitrogens is 2. The summed E-state index contributed by atoms with van der Waals surface area (Å²) in [4.78, 5) is 14.1. The van der Waals surface area contributed by atoms with E-state index in [1.807, 2.05) is 41.4 Å². The third kappa shape index (κ3) is 3.74. The van der Waals surface area contributed by atoms with E-state index in [-0.39, 0.29) is 5.91 Å². The van der Waals surface area contributed by atoms with Gasteiger partial charge in [0, 0.05) is 43.8 Å². The monoisotopic (exact) mass is 299 g/mol. The van der Waals surface area contributed by atoms with Crippen LogP contribution in [-0.2, 0) is 29.1 Å². The average Bonchev–Trinajstić information content (AvgIpc) is 3.03. The van der Waals surface area contributed by atoms with Gasteiger partial charge in [0.1, 0.15) is 0 Å². The van der Waals surface area contributed by atoms with E-state index in [9.17, 15) is 4.79 Å². The van der Waals surface area contributed by atoms with Crippen LogP contribution in [-0.4, -0.2) is 34.2 Å². The highest BCUT2D eigenvalue weighted by Crippen LogP contribution is 2.17. The lowest BCUT2D eigenvalue weighted by Gasteiger charge is -2.26. The number of hydrogen-bond acceptors (Lipinski definition) is 3. The SMILES string of the molecule is O=C(CCCOCc1ccccc1)N1CCc2[nH]ncc2C1. The fourth-order valence-corrected chi connectivity index (χ4v) is 2.68. The molecule has 0 spiro atoms. The Hall–Kier alpha value is -2.14. The molecule has 0 atom stereocenters. The smallest absolute Gasteiger partial charge is 0.222 e. The maximum absolute atomic E-state index is 12.2. The first-order valence-electron chi connectivity index (χ1n) is 7.73. The molecule has 0 aliphatic carbocycles. The maximum Gasteiger partial charge on any atom is 0.222 e. The Morgan fingerprint density at radius 1 is 1.32 bits per heavy atom. The Morgan fingerprint density at radius 3 is 3.05 bits per heavy atom. The standard InChI is InChI=1S/C17H21N3O2/c21-17(20-9-8-16-15(12-20)11-18-19-16)7-4-10-22-13-14-5-2-1-3-6-14/h1-3,5-6,11H,4,7-10,12-13H2,(H,18,19). The molecule has 1 aromatic heterocycles. The fraction of sp³-hybridized carbons (Fsp3) is 0.412. The van der Waals surface area contributed by atoms with Crippen LogP contribution < -0.4 is 0 Å². The maximum atomic E-state index is 12.2. The molecule has 0 unspecified atom stereocenters. The largest absolute Gasteiger partial charge is 0.377 e. The van der Waals surface area contributed by atoms with Crippen molar-refractivity contribution in [1.29, 1.82) is 0 Å². The van der Waals surface area contributed by atoms with Crippen LogP contribution in [0.1, 0.15) is 29.7 Å². The Balaban J connectivity index is 1.35. The molecule has 0 saturated heterocycles. The molecule has 1 aliphatic heterocycles. The number of benzene rings is 1. The van der Waals surface area contributed by atoms with E-state index in [1.54, 1.807) is 0 Å². The highest BCUT2D eigenvalue weighted by Gasteiger charge is 2.21. The second kappa shape index (κ2) is 7.22. The molecular formula is C17H21N3O2. The Labute approximate surface area is 130 Å². The van der Waals surface area contributed by atoms with Crippen molar-refractivity contribution in [3.8, 4) is 0 Å². The Kier molecular flexibility index (Phi) is 4.85. The summed E-state index contributed by atoms with van der Waals surface area (Å²) in [6.45, 7) is 2.68. The molecule has 116 valence electrons. The lowest BCUT2D eigenvalue weighted by Crippen LogP contribution is -2.35. The van der Waals surface area contributed by atoms with Gasteiger partial charge in [-0.3, -0.25) is 9.89 Å². The van der Waals surface area contributed by atoms with Crippen molar-refractivity contribution in [3.63, 3.8) is 0 Å². The van der Waals surface area contributed by atoms with Gasteiger partial charge < -0.3 is 9.64 Å². The van der Waals surface area contributed by atoms with E-state index in [4.69, 9.17) is 4.74 Å². The van der Waals surface area contributed by atoms with Crippen LogP contribution in [0.5, 0.6) is 0 Å². The first-order valence-corrected chi connectivity index (χ1v) is 7.73. The number of hydrogen-bond donors (Lipinski definition) is 1. The normalized spacial score (nSPS) is 13.9. The van der Waals surface area contributed by atoms with E-state index in [1.165, 1.54) is 0 Å². The van der Waals surface area contributed by atoms with Crippen LogP contribution in [0.2, 0.25) is 0 Å². The molecule has 2 aromatic rings. The van der Waals surface area contributed by atoms with Crippen molar-refractivity contribution in [2.24, 2.45) is 0 Å². The molecule has 1 aliphatic rings. The number of ether oxygens (including phenoxy) is 1. The van der Waals surface area contributed by atoms with Crippen molar-refractivity contribution >= 4 is 5.91 Å². The summed E-state index contributed by atoms with van der Waals surface area (Å²) in [7, 11) is 0. The molecule has 1 N–H and O–H groups in total. The summed E-state index contributed by atoms with van der Waals surface area (Å²) in [6.07, 6.45) is 3.99. The van der Waals surface area contributed by atoms with Crippen molar-refractivity contribution in [3.05, 3.63) is 53.3 Å². The summed E-state index contributed by atoms with van der Waals surface area (Å²) in [6, 6.07) is 10.1. The van der Waals surface area contributed by atoms with Gasteiger partial charge in [-0.25, -0.2) is 0 Å². The molecule has 1 amide bonds. The Bertz CT molecular complexity index is 609. The number of H-pyrrole nitrogens is 1. The zero-order valence-corrected chi connectivity index (χ0v) is 12.6. The number of nitrogens with one attached hydrogen (secondary N) is 1. The van der Waals surface area contributed by atoms with Crippen LogP contribution >= 0.6 is 0 Å². The number of fused-ring (bicyclic) bond motifs is 1. The quantitative estimate of drug-likeness (QED) is 0.833. The molecule has 5 heteroatoms. The van der Waals surface area contributed by atoms with Gasteiger partial charge in [-0.15, -0.1) is 0 Å². The summed E-state index contributed by atoms with van der Waals surface area (Å²) >= 11 is 0. The number of aromatic amines is 1. The predicted octanol–water partition coefficient (Wildman–Crippen LogP) is 2.29. The molecule has 0 fully saturated rings. The van der Waals surface area contributed by atoms with Crippen LogP contribution in [0.3, 0.4) is 0 Å². The third-order valence-corrected chi connectivity index (χ3v) is 3.94. The van der Waals surface area contributed by atoms with Crippen LogP contribution in [0.25, 0.3) is 0 Å². The molecule has 22 heavy (non-hydrogen) atoms. The molecular weight excluding hydrogens is 278 g/mol. The first-order chi connectivity index (χ1) is 10.8. The van der Waals surface area contributed by atoms with Gasteiger partial charge in [0.15, 0.2) is 0 Å². The second-order valence-electron chi connectivity index (χ2n) is 5.58. The topological polar surface area (TPSA) is 58.2 Å². The number of amides is 1. The second-order valence-corrected chi connectivity index (χ2v) is 5.58. The fourth-order valence-electron chi connectivity index (χ4n) is 2.68. The van der Waals surface area contributed by atoms with Gasteiger partial charge in [-0.1, -0.05) is 30.3 Å². The zero-order valence-electron chi connectivity index (χ0n) is 12.6. The molecule has 1 aromatic carbocycles. The number of carbonyl (C=O) groups excluding carboxylic acids is 1. The minimum atomic E-state index is 0.204. The van der Waals surface area contributed by atoms with Crippen molar-refractivity contribution in [2.45, 2.75) is 32.4 Å². The predicted molar refractivity (Wildman–Crippen MR) is 83.0 cm³/mol. The number of carbonyl (C=O) groups is 1. The van der Waals surface area contributed by atoms with Crippen molar-refractivity contribution in [2.75, 3.05) is 13.2 Å². The summed E-state index contributed by atoms with van der Waals surface area (Å²) < 4.78 is 5.62. The van der Waals surface area contributed by atoms with E-state index in [0.29, 0.717) is 26.2 Å². The summed E-state index contributed by atoms with van der Waals surface area (Å²) in [5.41, 5.74) is 3.47.